The Morgan fingerprint density at radius 3 is 2.30 bits per heavy atom. The minimum Gasteiger partial charge on any atom is -0.497 e. The van der Waals surface area contributed by atoms with Crippen LogP contribution in [-0.2, 0) is 9.53 Å². The van der Waals surface area contributed by atoms with Gasteiger partial charge in [0.25, 0.3) is 0 Å². The number of hydrogen-bond acceptors (Lipinski definition) is 5. The number of nitrogens with two attached hydrogens (primary N) is 1. The van der Waals surface area contributed by atoms with Gasteiger partial charge in [0.2, 0.25) is 5.91 Å². The number of ether oxygens (including phenoxy) is 2. The summed E-state index contributed by atoms with van der Waals surface area (Å²) in [5.41, 5.74) is 9.53. The van der Waals surface area contributed by atoms with Gasteiger partial charge in [-0.1, -0.05) is 25.5 Å². The van der Waals surface area contributed by atoms with E-state index in [9.17, 15) is 9.59 Å². The van der Waals surface area contributed by atoms with Gasteiger partial charge in [-0.25, -0.2) is 4.79 Å². The smallest absolute Gasteiger partial charge is 0.338 e. The van der Waals surface area contributed by atoms with Gasteiger partial charge in [-0.3, -0.25) is 4.79 Å². The van der Waals surface area contributed by atoms with E-state index in [2.05, 4.69) is 24.0 Å². The fraction of sp³-hybridized carbons (Fsp3) is 0.481. The molecule has 1 aliphatic heterocycles. The molecule has 0 spiro atoms. The van der Waals surface area contributed by atoms with Crippen molar-refractivity contribution in [1.29, 1.82) is 0 Å². The lowest BCUT2D eigenvalue weighted by Gasteiger charge is -2.34. The lowest BCUT2D eigenvalue weighted by Crippen LogP contribution is -2.32. The van der Waals surface area contributed by atoms with Crippen LogP contribution >= 0.6 is 0 Å². The minimum absolute atomic E-state index is 0.104. The Hall–Kier alpha value is -3.02. The molecule has 2 unspecified atom stereocenters. The third-order valence-corrected chi connectivity index (χ3v) is 6.42. The van der Waals surface area contributed by atoms with E-state index in [1.54, 1.807) is 26.2 Å². The van der Waals surface area contributed by atoms with Gasteiger partial charge in [0.05, 0.1) is 25.2 Å². The maximum atomic E-state index is 12.8. The normalized spacial score (nSPS) is 15.5. The molecule has 2 N–H and O–H groups in total. The largest absolute Gasteiger partial charge is 0.497 e. The zero-order chi connectivity index (χ0) is 23.8. The van der Waals surface area contributed by atoms with Crippen molar-refractivity contribution >= 4 is 17.6 Å². The van der Waals surface area contributed by atoms with Gasteiger partial charge in [-0.2, -0.15) is 0 Å². The lowest BCUT2D eigenvalue weighted by molar-refractivity contribution is -0.120. The number of esters is 1. The first-order valence-electron chi connectivity index (χ1n) is 12.0. The predicted molar refractivity (Wildman–Crippen MR) is 131 cm³/mol. The summed E-state index contributed by atoms with van der Waals surface area (Å²) in [6.07, 6.45) is 5.29. The van der Waals surface area contributed by atoms with E-state index in [-0.39, 0.29) is 17.8 Å². The van der Waals surface area contributed by atoms with Crippen LogP contribution in [0.2, 0.25) is 0 Å². The summed E-state index contributed by atoms with van der Waals surface area (Å²) in [5, 5.41) is 0. The van der Waals surface area contributed by atoms with Crippen molar-refractivity contribution in [2.45, 2.75) is 57.8 Å². The summed E-state index contributed by atoms with van der Waals surface area (Å²) in [6, 6.07) is 13.2. The van der Waals surface area contributed by atoms with Crippen molar-refractivity contribution in [3.8, 4) is 5.75 Å². The number of hydrogen-bond donors (Lipinski definition) is 1. The highest BCUT2D eigenvalue weighted by atomic mass is 16.5. The molecular formula is C27H36N2O4. The molecular weight excluding hydrogens is 416 g/mol. The Morgan fingerprint density at radius 2 is 1.73 bits per heavy atom. The maximum Gasteiger partial charge on any atom is 0.338 e. The third kappa shape index (κ3) is 5.86. The van der Waals surface area contributed by atoms with Crippen LogP contribution in [0, 0.1) is 0 Å². The van der Waals surface area contributed by atoms with Gasteiger partial charge in [-0.15, -0.1) is 0 Å². The summed E-state index contributed by atoms with van der Waals surface area (Å²) in [5.74, 6) is -0.590. The Bertz CT molecular complexity index is 936. The molecule has 0 bridgehead atoms. The van der Waals surface area contributed by atoms with Gasteiger partial charge in [-0.05, 0) is 74.1 Å². The SMILES string of the molecule is CCCC(c1cc(OC)ccc1N1CCCCC1)C(C(N)=O)c1ccc(C(=O)OCC)cc1. The fourth-order valence-electron chi connectivity index (χ4n) is 4.83. The summed E-state index contributed by atoms with van der Waals surface area (Å²) >= 11 is 0. The van der Waals surface area contributed by atoms with Crippen LogP contribution in [0.3, 0.4) is 0 Å². The van der Waals surface area contributed by atoms with Gasteiger partial charge < -0.3 is 20.1 Å². The van der Waals surface area contributed by atoms with Crippen molar-refractivity contribution in [1.82, 2.24) is 0 Å². The summed E-state index contributed by atoms with van der Waals surface area (Å²) in [6.45, 7) is 6.23. The molecule has 1 heterocycles. The lowest BCUT2D eigenvalue weighted by atomic mass is 9.77. The number of nitrogens with zero attached hydrogens (tertiary/aromatic N) is 1. The summed E-state index contributed by atoms with van der Waals surface area (Å²) in [7, 11) is 1.66. The number of primary amides is 1. The molecule has 1 fully saturated rings. The first-order valence-corrected chi connectivity index (χ1v) is 12.0. The molecule has 6 nitrogen and oxygen atoms in total. The number of amides is 1. The molecule has 2 atom stereocenters. The van der Waals surface area contributed by atoms with Gasteiger partial charge >= 0.3 is 5.97 Å². The van der Waals surface area contributed by atoms with Crippen LogP contribution in [0.25, 0.3) is 0 Å². The van der Waals surface area contributed by atoms with Crippen molar-refractivity contribution in [3.05, 3.63) is 59.2 Å². The van der Waals surface area contributed by atoms with Crippen molar-refractivity contribution in [3.63, 3.8) is 0 Å². The van der Waals surface area contributed by atoms with Crippen LogP contribution in [-0.4, -0.2) is 38.7 Å². The van der Waals surface area contributed by atoms with Crippen molar-refractivity contribution in [2.24, 2.45) is 5.73 Å². The second-order valence-electron chi connectivity index (χ2n) is 8.59. The average molecular weight is 453 g/mol. The van der Waals surface area contributed by atoms with Gasteiger partial charge in [0.1, 0.15) is 5.75 Å². The van der Waals surface area contributed by atoms with E-state index >= 15 is 0 Å². The second kappa shape index (κ2) is 11.7. The molecule has 33 heavy (non-hydrogen) atoms. The quantitative estimate of drug-likeness (QED) is 0.512. The first-order chi connectivity index (χ1) is 16.0. The first kappa shape index (κ1) is 24.6. The fourth-order valence-corrected chi connectivity index (χ4v) is 4.83. The van der Waals surface area contributed by atoms with Crippen LogP contribution in [0.1, 0.15) is 79.3 Å². The molecule has 0 aromatic heterocycles. The minimum atomic E-state index is -0.517. The molecule has 2 aromatic carbocycles. The van der Waals surface area contributed by atoms with Gasteiger partial charge in [0.15, 0.2) is 0 Å². The van der Waals surface area contributed by atoms with E-state index in [4.69, 9.17) is 15.2 Å². The number of carbonyl (C=O) groups excluding carboxylic acids is 2. The molecule has 1 aliphatic rings. The van der Waals surface area contributed by atoms with E-state index in [1.807, 2.05) is 18.2 Å². The molecule has 178 valence electrons. The third-order valence-electron chi connectivity index (χ3n) is 6.42. The maximum absolute atomic E-state index is 12.8. The van der Waals surface area contributed by atoms with Crippen LogP contribution < -0.4 is 15.4 Å². The predicted octanol–water partition coefficient (Wildman–Crippen LogP) is 5.02. The number of methoxy groups -OCH3 is 1. The number of piperidine rings is 1. The molecule has 6 heteroatoms. The average Bonchev–Trinajstić information content (AvgIpc) is 2.84. The highest BCUT2D eigenvalue weighted by Crippen LogP contribution is 2.43. The van der Waals surface area contributed by atoms with Crippen LogP contribution in [0.15, 0.2) is 42.5 Å². The molecule has 0 saturated carbocycles. The molecule has 0 radical (unpaired) electrons. The van der Waals surface area contributed by atoms with Crippen LogP contribution in [0.4, 0.5) is 5.69 Å². The highest BCUT2D eigenvalue weighted by Gasteiger charge is 2.32. The number of anilines is 1. The summed E-state index contributed by atoms with van der Waals surface area (Å²) in [4.78, 5) is 27.3. The second-order valence-corrected chi connectivity index (χ2v) is 8.59. The summed E-state index contributed by atoms with van der Waals surface area (Å²) < 4.78 is 10.6. The highest BCUT2D eigenvalue weighted by molar-refractivity contribution is 5.90. The van der Waals surface area contributed by atoms with E-state index in [0.717, 1.165) is 48.5 Å². The molecule has 2 aromatic rings. The molecule has 3 rings (SSSR count). The number of rotatable bonds is 10. The number of carbonyl (C=O) groups is 2. The Kier molecular flexibility index (Phi) is 8.75. The Balaban J connectivity index is 2.05. The van der Waals surface area contributed by atoms with E-state index < -0.39 is 5.92 Å². The van der Waals surface area contributed by atoms with Crippen molar-refractivity contribution in [2.75, 3.05) is 31.7 Å². The standard InChI is InChI=1S/C27H36N2O4/c1-4-9-22(23-18-21(32-3)14-15-24(23)29-16-7-6-8-17-29)25(26(28)30)19-10-12-20(13-11-19)27(31)33-5-2/h10-15,18,22,25H,4-9,16-17H2,1-3H3,(H2,28,30). The van der Waals surface area contributed by atoms with Gasteiger partial charge in [0, 0.05) is 24.7 Å². The van der Waals surface area contributed by atoms with Crippen molar-refractivity contribution < 1.29 is 19.1 Å². The zero-order valence-corrected chi connectivity index (χ0v) is 20.0. The number of benzene rings is 2. The van der Waals surface area contributed by atoms with E-state index in [0.29, 0.717) is 12.2 Å². The van der Waals surface area contributed by atoms with E-state index in [1.165, 1.54) is 19.3 Å². The Labute approximate surface area is 197 Å². The topological polar surface area (TPSA) is 81.9 Å². The molecule has 1 saturated heterocycles. The monoisotopic (exact) mass is 452 g/mol. The zero-order valence-electron chi connectivity index (χ0n) is 20.0. The van der Waals surface area contributed by atoms with Crippen LogP contribution in [0.5, 0.6) is 5.75 Å². The Morgan fingerprint density at radius 1 is 1.03 bits per heavy atom. The molecule has 0 aliphatic carbocycles. The molecule has 1 amide bonds.